The second-order valence-corrected chi connectivity index (χ2v) is 6.05. The minimum absolute atomic E-state index is 0.244. The summed E-state index contributed by atoms with van der Waals surface area (Å²) in [7, 11) is 0. The van der Waals surface area contributed by atoms with Crippen LogP contribution in [0, 0.1) is 5.92 Å². The van der Waals surface area contributed by atoms with Crippen molar-refractivity contribution in [2.45, 2.75) is 19.9 Å². The number of nitrogens with one attached hydrogen (secondary N) is 1. The summed E-state index contributed by atoms with van der Waals surface area (Å²) >= 11 is 5.19. The van der Waals surface area contributed by atoms with Crippen molar-refractivity contribution < 1.29 is 5.11 Å². The Morgan fingerprint density at radius 3 is 2.71 bits per heavy atom. The van der Waals surface area contributed by atoms with Gasteiger partial charge in [-0.25, -0.2) is 0 Å². The molecule has 0 aliphatic rings. The third-order valence-corrected chi connectivity index (χ3v) is 3.91. The molecule has 2 N–H and O–H groups in total. The van der Waals surface area contributed by atoms with Crippen LogP contribution < -0.4 is 5.32 Å². The minimum Gasteiger partial charge on any atom is -0.396 e. The van der Waals surface area contributed by atoms with Gasteiger partial charge in [0.05, 0.1) is 3.79 Å². The highest BCUT2D eigenvalue weighted by molar-refractivity contribution is 9.11. The molecule has 0 fully saturated rings. The predicted octanol–water partition coefficient (Wildman–Crippen LogP) is 2.79. The zero-order valence-corrected chi connectivity index (χ0v) is 10.9. The van der Waals surface area contributed by atoms with Gasteiger partial charge in [0.15, 0.2) is 0 Å². The normalized spacial score (nSPS) is 15.4. The first-order valence-corrected chi connectivity index (χ1v) is 6.34. The van der Waals surface area contributed by atoms with E-state index >= 15 is 0 Å². The van der Waals surface area contributed by atoms with Gasteiger partial charge in [0.2, 0.25) is 0 Å². The summed E-state index contributed by atoms with van der Waals surface area (Å²) in [6.45, 7) is 5.27. The third-order valence-electron chi connectivity index (χ3n) is 2.10. The van der Waals surface area contributed by atoms with Gasteiger partial charge in [0.25, 0.3) is 0 Å². The fourth-order valence-electron chi connectivity index (χ4n) is 1.10. The Labute approximate surface area is 97.5 Å². The first-order chi connectivity index (χ1) is 6.63. The molecule has 0 aliphatic heterocycles. The Kier molecular flexibility index (Phi) is 5.09. The molecular formula is C10H16BrNOS. The topological polar surface area (TPSA) is 32.3 Å². The Hall–Kier alpha value is 0.1000. The molecular weight excluding hydrogens is 262 g/mol. The van der Waals surface area contributed by atoms with Crippen molar-refractivity contribution in [3.8, 4) is 0 Å². The van der Waals surface area contributed by atoms with E-state index in [2.05, 4.69) is 40.3 Å². The molecule has 0 aliphatic carbocycles. The number of hydrogen-bond donors (Lipinski definition) is 2. The lowest BCUT2D eigenvalue weighted by molar-refractivity contribution is 0.231. The molecule has 1 aromatic heterocycles. The zero-order chi connectivity index (χ0) is 10.6. The number of halogens is 1. The van der Waals surface area contributed by atoms with E-state index in [-0.39, 0.29) is 6.61 Å². The second kappa shape index (κ2) is 5.85. The molecule has 4 heteroatoms. The van der Waals surface area contributed by atoms with E-state index in [1.165, 1.54) is 4.88 Å². The van der Waals surface area contributed by atoms with Crippen molar-refractivity contribution in [2.24, 2.45) is 5.92 Å². The average Bonchev–Trinajstić information content (AvgIpc) is 2.60. The van der Waals surface area contributed by atoms with E-state index < -0.39 is 0 Å². The lowest BCUT2D eigenvalue weighted by Gasteiger charge is -2.14. The van der Waals surface area contributed by atoms with Crippen LogP contribution in [0.5, 0.6) is 0 Å². The van der Waals surface area contributed by atoms with Crippen LogP contribution in [-0.4, -0.2) is 18.3 Å². The molecule has 1 rings (SSSR count). The smallest absolute Gasteiger partial charge is 0.0701 e. The standard InChI is InChI=1S/C10H16BrNOS/c1-7(6-13)5-12-8(2)9-3-4-10(11)14-9/h3-4,7-8,12-13H,5-6H2,1-2H3. The number of hydrogen-bond acceptors (Lipinski definition) is 3. The molecule has 0 spiro atoms. The number of rotatable bonds is 5. The molecule has 2 atom stereocenters. The van der Waals surface area contributed by atoms with E-state index in [0.29, 0.717) is 12.0 Å². The molecule has 0 saturated carbocycles. The van der Waals surface area contributed by atoms with Gasteiger partial charge >= 0.3 is 0 Å². The van der Waals surface area contributed by atoms with Gasteiger partial charge in [-0.05, 0) is 40.9 Å². The van der Waals surface area contributed by atoms with Gasteiger partial charge in [0, 0.05) is 24.1 Å². The maximum atomic E-state index is 8.88. The number of aliphatic hydroxyl groups excluding tert-OH is 1. The second-order valence-electron chi connectivity index (χ2n) is 3.56. The molecule has 0 amide bonds. The number of thiophene rings is 1. The van der Waals surface area contributed by atoms with E-state index in [9.17, 15) is 0 Å². The first-order valence-electron chi connectivity index (χ1n) is 4.73. The van der Waals surface area contributed by atoms with Crippen LogP contribution in [0.2, 0.25) is 0 Å². The molecule has 14 heavy (non-hydrogen) atoms. The summed E-state index contributed by atoms with van der Waals surface area (Å²) < 4.78 is 1.16. The van der Waals surface area contributed by atoms with Crippen molar-refractivity contribution in [3.05, 3.63) is 20.8 Å². The van der Waals surface area contributed by atoms with E-state index in [1.54, 1.807) is 11.3 Å². The monoisotopic (exact) mass is 277 g/mol. The minimum atomic E-state index is 0.244. The molecule has 0 bridgehead atoms. The van der Waals surface area contributed by atoms with Crippen molar-refractivity contribution >= 4 is 27.3 Å². The Balaban J connectivity index is 2.39. The summed E-state index contributed by atoms with van der Waals surface area (Å²) in [5.74, 6) is 0.320. The van der Waals surface area contributed by atoms with Gasteiger partial charge in [-0.15, -0.1) is 11.3 Å². The Morgan fingerprint density at radius 1 is 1.50 bits per heavy atom. The van der Waals surface area contributed by atoms with Crippen molar-refractivity contribution in [2.75, 3.05) is 13.2 Å². The molecule has 2 unspecified atom stereocenters. The predicted molar refractivity (Wildman–Crippen MR) is 64.7 cm³/mol. The van der Waals surface area contributed by atoms with E-state index in [0.717, 1.165) is 10.3 Å². The van der Waals surface area contributed by atoms with Crippen LogP contribution >= 0.6 is 27.3 Å². The molecule has 1 aromatic rings. The molecule has 1 heterocycles. The molecule has 0 aromatic carbocycles. The van der Waals surface area contributed by atoms with E-state index in [1.807, 2.05) is 6.92 Å². The summed E-state index contributed by atoms with van der Waals surface area (Å²) in [6.07, 6.45) is 0. The SMILES string of the molecule is CC(CO)CNC(C)c1ccc(Br)s1. The Bertz CT molecular complexity index is 277. The van der Waals surface area contributed by atoms with Crippen molar-refractivity contribution in [3.63, 3.8) is 0 Å². The van der Waals surface area contributed by atoms with Gasteiger partial charge in [-0.3, -0.25) is 0 Å². The van der Waals surface area contributed by atoms with Gasteiger partial charge in [0.1, 0.15) is 0 Å². The van der Waals surface area contributed by atoms with Gasteiger partial charge < -0.3 is 10.4 Å². The highest BCUT2D eigenvalue weighted by atomic mass is 79.9. The summed E-state index contributed by atoms with van der Waals surface area (Å²) in [6, 6.07) is 4.55. The maximum absolute atomic E-state index is 8.88. The molecule has 0 radical (unpaired) electrons. The summed E-state index contributed by atoms with van der Waals surface area (Å²) in [4.78, 5) is 1.32. The fraction of sp³-hybridized carbons (Fsp3) is 0.600. The molecule has 80 valence electrons. The van der Waals surface area contributed by atoms with Crippen molar-refractivity contribution in [1.82, 2.24) is 5.32 Å². The Morgan fingerprint density at radius 2 is 2.21 bits per heavy atom. The van der Waals surface area contributed by atoms with E-state index in [4.69, 9.17) is 5.11 Å². The highest BCUT2D eigenvalue weighted by Crippen LogP contribution is 2.26. The molecule has 2 nitrogen and oxygen atoms in total. The quantitative estimate of drug-likeness (QED) is 0.868. The number of aliphatic hydroxyl groups is 1. The third kappa shape index (κ3) is 3.69. The highest BCUT2D eigenvalue weighted by Gasteiger charge is 2.08. The zero-order valence-electron chi connectivity index (χ0n) is 8.46. The lowest BCUT2D eigenvalue weighted by atomic mass is 10.2. The van der Waals surface area contributed by atoms with Crippen LogP contribution in [0.4, 0.5) is 0 Å². The van der Waals surface area contributed by atoms with Crippen LogP contribution in [0.3, 0.4) is 0 Å². The summed E-state index contributed by atoms with van der Waals surface area (Å²) in [5, 5.41) is 12.3. The molecule has 0 saturated heterocycles. The lowest BCUT2D eigenvalue weighted by Crippen LogP contribution is -2.25. The van der Waals surface area contributed by atoms with Crippen LogP contribution in [0.1, 0.15) is 24.8 Å². The van der Waals surface area contributed by atoms with Crippen LogP contribution in [0.25, 0.3) is 0 Å². The van der Waals surface area contributed by atoms with Gasteiger partial charge in [-0.2, -0.15) is 0 Å². The maximum Gasteiger partial charge on any atom is 0.0701 e. The largest absolute Gasteiger partial charge is 0.396 e. The van der Waals surface area contributed by atoms with Gasteiger partial charge in [-0.1, -0.05) is 6.92 Å². The fourth-order valence-corrected chi connectivity index (χ4v) is 2.55. The van der Waals surface area contributed by atoms with Crippen LogP contribution in [0.15, 0.2) is 15.9 Å². The first kappa shape index (κ1) is 12.2. The van der Waals surface area contributed by atoms with Crippen molar-refractivity contribution in [1.29, 1.82) is 0 Å². The average molecular weight is 278 g/mol. The van der Waals surface area contributed by atoms with Crippen LogP contribution in [-0.2, 0) is 0 Å². The summed E-state index contributed by atoms with van der Waals surface area (Å²) in [5.41, 5.74) is 0.